The molecule has 1 unspecified atom stereocenters. The van der Waals surface area contributed by atoms with Crippen LogP contribution in [0.15, 0.2) is 23.1 Å². The molecule has 1 aromatic rings. The summed E-state index contributed by atoms with van der Waals surface area (Å²) in [5, 5.41) is 3.11. The largest absolute Gasteiger partial charge is 0.354 e. The van der Waals surface area contributed by atoms with Crippen LogP contribution >= 0.6 is 0 Å². The van der Waals surface area contributed by atoms with E-state index in [-0.39, 0.29) is 11.8 Å². The summed E-state index contributed by atoms with van der Waals surface area (Å²) in [7, 11) is -3.51. The van der Waals surface area contributed by atoms with Crippen LogP contribution in [0, 0.1) is 25.7 Å². The minimum absolute atomic E-state index is 0.0655. The third-order valence-corrected chi connectivity index (χ3v) is 8.85. The van der Waals surface area contributed by atoms with Crippen LogP contribution in [-0.4, -0.2) is 62.3 Å². The van der Waals surface area contributed by atoms with Crippen molar-refractivity contribution in [3.8, 4) is 0 Å². The number of benzene rings is 1. The quantitative estimate of drug-likeness (QED) is 0.746. The second-order valence-corrected chi connectivity index (χ2v) is 11.2. The van der Waals surface area contributed by atoms with Crippen LogP contribution in [0.25, 0.3) is 0 Å². The average Bonchev–Trinajstić information content (AvgIpc) is 2.72. The van der Waals surface area contributed by atoms with Crippen LogP contribution in [0.5, 0.6) is 0 Å². The number of likely N-dealkylation sites (tertiary alicyclic amines) is 1. The minimum atomic E-state index is -3.51. The molecule has 7 heteroatoms. The zero-order chi connectivity index (χ0) is 21.9. The second kappa shape index (κ2) is 9.79. The highest BCUT2D eigenvalue weighted by molar-refractivity contribution is 7.89. The van der Waals surface area contributed by atoms with Crippen molar-refractivity contribution in [3.05, 3.63) is 29.3 Å². The zero-order valence-corrected chi connectivity index (χ0v) is 19.7. The molecule has 30 heavy (non-hydrogen) atoms. The van der Waals surface area contributed by atoms with Gasteiger partial charge in [-0.05, 0) is 77.1 Å². The Hall–Kier alpha value is -1.44. The molecule has 2 saturated heterocycles. The third kappa shape index (κ3) is 5.42. The lowest BCUT2D eigenvalue weighted by Gasteiger charge is -2.35. The Bertz CT molecular complexity index is 839. The van der Waals surface area contributed by atoms with Crippen molar-refractivity contribution in [2.24, 2.45) is 11.8 Å². The van der Waals surface area contributed by atoms with Crippen molar-refractivity contribution >= 4 is 15.9 Å². The lowest BCUT2D eigenvalue weighted by atomic mass is 9.96. The van der Waals surface area contributed by atoms with Gasteiger partial charge in [0.25, 0.3) is 0 Å². The van der Waals surface area contributed by atoms with E-state index in [0.717, 1.165) is 30.1 Å². The highest BCUT2D eigenvalue weighted by Crippen LogP contribution is 2.26. The summed E-state index contributed by atoms with van der Waals surface area (Å²) in [6, 6.07) is 5.77. The molecular weight excluding hydrogens is 398 g/mol. The number of piperidine rings is 2. The number of nitrogens with zero attached hydrogens (tertiary/aromatic N) is 2. The van der Waals surface area contributed by atoms with E-state index in [1.807, 2.05) is 26.0 Å². The topological polar surface area (TPSA) is 69.7 Å². The maximum atomic E-state index is 13.0. The molecule has 0 bridgehead atoms. The van der Waals surface area contributed by atoms with Crippen LogP contribution in [0.3, 0.4) is 0 Å². The lowest BCUT2D eigenvalue weighted by Crippen LogP contribution is -2.48. The van der Waals surface area contributed by atoms with Gasteiger partial charge in [-0.2, -0.15) is 4.31 Å². The van der Waals surface area contributed by atoms with Crippen LogP contribution < -0.4 is 5.32 Å². The Morgan fingerprint density at radius 1 is 1.10 bits per heavy atom. The first kappa shape index (κ1) is 23.2. The van der Waals surface area contributed by atoms with Gasteiger partial charge in [-0.15, -0.1) is 0 Å². The molecule has 1 N–H and O–H groups in total. The summed E-state index contributed by atoms with van der Waals surface area (Å²) in [5.74, 6) is 0.758. The Morgan fingerprint density at radius 3 is 2.33 bits per heavy atom. The van der Waals surface area contributed by atoms with Gasteiger partial charge < -0.3 is 5.32 Å². The molecular formula is C23H37N3O3S. The van der Waals surface area contributed by atoms with Gasteiger partial charge >= 0.3 is 0 Å². The number of amides is 1. The van der Waals surface area contributed by atoms with E-state index in [2.05, 4.69) is 24.1 Å². The Labute approximate surface area is 182 Å². The van der Waals surface area contributed by atoms with Crippen molar-refractivity contribution < 1.29 is 13.2 Å². The number of rotatable bonds is 6. The Kier molecular flexibility index (Phi) is 7.58. The average molecular weight is 436 g/mol. The fourth-order valence-electron chi connectivity index (χ4n) is 4.58. The molecule has 2 fully saturated rings. The van der Waals surface area contributed by atoms with E-state index in [1.54, 1.807) is 6.07 Å². The molecule has 0 radical (unpaired) electrons. The van der Waals surface area contributed by atoms with Gasteiger partial charge in [-0.25, -0.2) is 8.42 Å². The molecule has 1 aromatic carbocycles. The minimum Gasteiger partial charge on any atom is -0.354 e. The van der Waals surface area contributed by atoms with Gasteiger partial charge in [-0.3, -0.25) is 9.69 Å². The van der Waals surface area contributed by atoms with E-state index >= 15 is 0 Å². The molecule has 0 aromatic heterocycles. The number of hydrogen-bond donors (Lipinski definition) is 1. The predicted octanol–water partition coefficient (Wildman–Crippen LogP) is 2.94. The third-order valence-electron chi connectivity index (χ3n) is 6.79. The van der Waals surface area contributed by atoms with Crippen molar-refractivity contribution in [2.75, 3.05) is 32.7 Å². The monoisotopic (exact) mass is 435 g/mol. The molecule has 2 aliphatic rings. The number of hydrogen-bond acceptors (Lipinski definition) is 4. The standard InChI is InChI=1S/C23H37N3O3S/c1-17-7-11-25(12-8-17)20(4)16-24-23(27)21-9-13-26(14-10-21)30(28,29)22-6-5-18(2)15-19(22)3/h5-6,15,17,20-21H,7-14,16H2,1-4H3,(H,24,27). The summed E-state index contributed by atoms with van der Waals surface area (Å²) in [6.07, 6.45) is 3.61. The lowest BCUT2D eigenvalue weighted by molar-refractivity contribution is -0.126. The number of carbonyl (C=O) groups excluding carboxylic acids is 1. The van der Waals surface area contributed by atoms with Crippen molar-refractivity contribution in [3.63, 3.8) is 0 Å². The van der Waals surface area contributed by atoms with Gasteiger partial charge in [0.1, 0.15) is 0 Å². The molecule has 168 valence electrons. The maximum absolute atomic E-state index is 13.0. The number of aryl methyl sites for hydroxylation is 2. The van der Waals surface area contributed by atoms with Crippen LogP contribution in [-0.2, 0) is 14.8 Å². The molecule has 6 nitrogen and oxygen atoms in total. The zero-order valence-electron chi connectivity index (χ0n) is 18.9. The first-order chi connectivity index (χ1) is 14.2. The smallest absolute Gasteiger partial charge is 0.243 e. The van der Waals surface area contributed by atoms with Gasteiger partial charge in [0.15, 0.2) is 0 Å². The first-order valence-electron chi connectivity index (χ1n) is 11.3. The van der Waals surface area contributed by atoms with Crippen LogP contribution in [0.4, 0.5) is 0 Å². The van der Waals surface area contributed by atoms with Crippen LogP contribution in [0.1, 0.15) is 50.7 Å². The maximum Gasteiger partial charge on any atom is 0.243 e. The fraction of sp³-hybridized carbons (Fsp3) is 0.696. The van der Waals surface area contributed by atoms with E-state index in [0.29, 0.717) is 43.4 Å². The van der Waals surface area contributed by atoms with Gasteiger partial charge in [0.05, 0.1) is 4.90 Å². The molecule has 2 heterocycles. The summed E-state index contributed by atoms with van der Waals surface area (Å²) in [6.45, 7) is 11.9. The summed E-state index contributed by atoms with van der Waals surface area (Å²) >= 11 is 0. The SMILES string of the molecule is Cc1ccc(S(=O)(=O)N2CCC(C(=O)NCC(C)N3CCC(C)CC3)CC2)c(C)c1. The molecule has 0 saturated carbocycles. The van der Waals surface area contributed by atoms with Gasteiger partial charge in [0, 0.05) is 31.6 Å². The Morgan fingerprint density at radius 2 is 1.73 bits per heavy atom. The summed E-state index contributed by atoms with van der Waals surface area (Å²) in [5.41, 5.74) is 1.83. The first-order valence-corrected chi connectivity index (χ1v) is 12.7. The van der Waals surface area contributed by atoms with E-state index in [1.165, 1.54) is 17.1 Å². The fourth-order valence-corrected chi connectivity index (χ4v) is 6.25. The summed E-state index contributed by atoms with van der Waals surface area (Å²) in [4.78, 5) is 15.5. The number of nitrogens with one attached hydrogen (secondary N) is 1. The highest BCUT2D eigenvalue weighted by Gasteiger charge is 2.33. The second-order valence-electron chi connectivity index (χ2n) is 9.26. The molecule has 1 amide bonds. The molecule has 0 spiro atoms. The van der Waals surface area contributed by atoms with E-state index < -0.39 is 10.0 Å². The van der Waals surface area contributed by atoms with Gasteiger partial charge in [-0.1, -0.05) is 24.6 Å². The molecule has 1 atom stereocenters. The molecule has 2 aliphatic heterocycles. The molecule has 3 rings (SSSR count). The predicted molar refractivity (Wildman–Crippen MR) is 120 cm³/mol. The molecule has 0 aliphatic carbocycles. The normalized spacial score (nSPS) is 21.5. The van der Waals surface area contributed by atoms with Crippen molar-refractivity contribution in [1.29, 1.82) is 0 Å². The van der Waals surface area contributed by atoms with Gasteiger partial charge in [0.2, 0.25) is 15.9 Å². The summed E-state index contributed by atoms with van der Waals surface area (Å²) < 4.78 is 27.6. The van der Waals surface area contributed by atoms with E-state index in [9.17, 15) is 13.2 Å². The van der Waals surface area contributed by atoms with Crippen molar-refractivity contribution in [2.45, 2.75) is 64.3 Å². The number of sulfonamides is 1. The number of carbonyl (C=O) groups is 1. The highest BCUT2D eigenvalue weighted by atomic mass is 32.2. The van der Waals surface area contributed by atoms with Crippen LogP contribution in [0.2, 0.25) is 0 Å². The van der Waals surface area contributed by atoms with E-state index in [4.69, 9.17) is 0 Å². The Balaban J connectivity index is 1.49. The van der Waals surface area contributed by atoms with Crippen molar-refractivity contribution in [1.82, 2.24) is 14.5 Å².